The fraction of sp³-hybridized carbons (Fsp3) is 0.500. The molecule has 0 bridgehead atoms. The molecule has 6 N–H and O–H groups in total. The first-order chi connectivity index (χ1) is 13.9. The number of hydrogen-bond donors (Lipinski definition) is 5. The van der Waals surface area contributed by atoms with E-state index in [2.05, 4.69) is 16.0 Å². The van der Waals surface area contributed by atoms with Gasteiger partial charge in [-0.1, -0.05) is 18.2 Å². The van der Waals surface area contributed by atoms with Crippen LogP contribution in [0.2, 0.25) is 0 Å². The van der Waals surface area contributed by atoms with Gasteiger partial charge in [-0.15, -0.1) is 0 Å². The summed E-state index contributed by atoms with van der Waals surface area (Å²) in [5.74, 6) is -1.10. The number of amides is 3. The minimum atomic E-state index is -1.03. The zero-order valence-electron chi connectivity index (χ0n) is 17.8. The molecule has 1 rings (SSSR count). The molecule has 0 saturated carbocycles. The highest BCUT2D eigenvalue weighted by atomic mass is 32.1. The molecular weight excluding hydrogens is 406 g/mol. The predicted molar refractivity (Wildman–Crippen MR) is 120 cm³/mol. The summed E-state index contributed by atoms with van der Waals surface area (Å²) >= 11 is 5.30. The van der Waals surface area contributed by atoms with Gasteiger partial charge in [0.25, 0.3) is 0 Å². The third-order valence-corrected chi connectivity index (χ3v) is 4.57. The molecule has 10 heteroatoms. The van der Waals surface area contributed by atoms with Crippen molar-refractivity contribution in [3.05, 3.63) is 30.3 Å². The summed E-state index contributed by atoms with van der Waals surface area (Å²) in [5.41, 5.74) is 5.41. The van der Waals surface area contributed by atoms with E-state index in [1.165, 1.54) is 11.8 Å². The van der Waals surface area contributed by atoms with Gasteiger partial charge in [-0.3, -0.25) is 9.59 Å². The van der Waals surface area contributed by atoms with Crippen molar-refractivity contribution in [3.63, 3.8) is 0 Å². The lowest BCUT2D eigenvalue weighted by molar-refractivity contribution is -0.128. The average Bonchev–Trinajstić information content (AvgIpc) is 2.63. The van der Waals surface area contributed by atoms with Gasteiger partial charge < -0.3 is 31.7 Å². The molecule has 0 aliphatic carbocycles. The Hall–Kier alpha value is -2.88. The lowest BCUT2D eigenvalue weighted by Crippen LogP contribution is -2.53. The van der Waals surface area contributed by atoms with Crippen LogP contribution in [0.15, 0.2) is 30.3 Å². The maximum Gasteiger partial charge on any atom is 0.407 e. The van der Waals surface area contributed by atoms with Crippen molar-refractivity contribution in [2.45, 2.75) is 58.2 Å². The smallest absolute Gasteiger partial charge is 0.407 e. The quantitative estimate of drug-likeness (QED) is 0.372. The summed E-state index contributed by atoms with van der Waals surface area (Å²) in [6, 6.07) is 7.59. The molecule has 1 aromatic rings. The number of carboxylic acid groups (broad SMARTS) is 1. The summed E-state index contributed by atoms with van der Waals surface area (Å²) in [6.45, 7) is 7.14. The second-order valence-corrected chi connectivity index (χ2v) is 8.31. The van der Waals surface area contributed by atoms with Gasteiger partial charge in [0.05, 0.1) is 0 Å². The van der Waals surface area contributed by atoms with E-state index < -0.39 is 35.5 Å². The van der Waals surface area contributed by atoms with Gasteiger partial charge in [0, 0.05) is 17.8 Å². The second kappa shape index (κ2) is 11.3. The van der Waals surface area contributed by atoms with Gasteiger partial charge in [-0.05, 0) is 64.9 Å². The fourth-order valence-corrected chi connectivity index (χ4v) is 2.93. The number of nitrogens with one attached hydrogen (secondary N) is 3. The molecule has 9 nitrogen and oxygen atoms in total. The molecule has 3 amide bonds. The highest BCUT2D eigenvalue weighted by Crippen LogP contribution is 2.15. The number of thiocarbonyl (C=S) groups is 1. The molecule has 0 radical (unpaired) electrons. The maximum absolute atomic E-state index is 12.7. The molecule has 2 atom stereocenters. The second-order valence-electron chi connectivity index (χ2n) is 7.90. The number of carbonyl (C=O) groups is 3. The number of nitrogens with zero attached hydrogens (tertiary/aromatic N) is 1. The number of nitrogens with two attached hydrogens (primary N) is 1. The van der Waals surface area contributed by atoms with Crippen LogP contribution < -0.4 is 21.7 Å². The molecule has 166 valence electrons. The third-order valence-electron chi connectivity index (χ3n) is 4.35. The monoisotopic (exact) mass is 437 g/mol. The van der Waals surface area contributed by atoms with Crippen molar-refractivity contribution < 1.29 is 19.5 Å². The Morgan fingerprint density at radius 1 is 1.17 bits per heavy atom. The lowest BCUT2D eigenvalue weighted by Gasteiger charge is -2.33. The Labute approximate surface area is 182 Å². The SMILES string of the molecule is C[C@H](NC(=O)[C@H](CCCN(C(=O)O)C(C)(C)C)NC(=S)Nc1ccccc1)C(N)=O. The Bertz CT molecular complexity index is 751. The Balaban J connectivity index is 2.81. The van der Waals surface area contributed by atoms with Crippen LogP contribution in [0.1, 0.15) is 40.5 Å². The summed E-state index contributed by atoms with van der Waals surface area (Å²) in [5, 5.41) is 18.1. The zero-order valence-corrected chi connectivity index (χ0v) is 18.6. The summed E-state index contributed by atoms with van der Waals surface area (Å²) in [7, 11) is 0. The normalized spacial score (nSPS) is 12.9. The molecule has 0 saturated heterocycles. The van der Waals surface area contributed by atoms with Gasteiger partial charge in [0.15, 0.2) is 5.11 Å². The average molecular weight is 438 g/mol. The standard InChI is InChI=1S/C20H31N5O4S/c1-13(16(21)26)22-17(27)15(11-8-12-25(19(28)29)20(2,3)4)24-18(30)23-14-9-6-5-7-10-14/h5-7,9-10,13,15H,8,11-12H2,1-4H3,(H2,21,26)(H,22,27)(H,28,29)(H2,23,24,30)/t13-,15-/m0/s1. The molecule has 0 aliphatic heterocycles. The highest BCUT2D eigenvalue weighted by molar-refractivity contribution is 7.80. The number of primary amides is 1. The first-order valence-corrected chi connectivity index (χ1v) is 10.1. The number of carbonyl (C=O) groups excluding carboxylic acids is 2. The summed E-state index contributed by atoms with van der Waals surface area (Å²) in [4.78, 5) is 36.8. The molecule has 0 unspecified atom stereocenters. The minimum Gasteiger partial charge on any atom is -0.465 e. The van der Waals surface area contributed by atoms with Gasteiger partial charge in [-0.2, -0.15) is 0 Å². The maximum atomic E-state index is 12.7. The van der Waals surface area contributed by atoms with Crippen LogP contribution in [0, 0.1) is 0 Å². The molecule has 0 aliphatic rings. The number of benzene rings is 1. The largest absolute Gasteiger partial charge is 0.465 e. The molecule has 0 fully saturated rings. The van der Waals surface area contributed by atoms with E-state index in [0.29, 0.717) is 12.8 Å². The zero-order chi connectivity index (χ0) is 22.9. The van der Waals surface area contributed by atoms with Crippen molar-refractivity contribution in [2.75, 3.05) is 11.9 Å². The Kier molecular flexibility index (Phi) is 9.51. The molecule has 0 aromatic heterocycles. The van der Waals surface area contributed by atoms with E-state index in [0.717, 1.165) is 5.69 Å². The Morgan fingerprint density at radius 3 is 2.27 bits per heavy atom. The van der Waals surface area contributed by atoms with Crippen LogP contribution in [0.4, 0.5) is 10.5 Å². The summed E-state index contributed by atoms with van der Waals surface area (Å²) < 4.78 is 0. The lowest BCUT2D eigenvalue weighted by atomic mass is 10.0. The van der Waals surface area contributed by atoms with Gasteiger partial charge in [0.2, 0.25) is 11.8 Å². The van der Waals surface area contributed by atoms with Crippen LogP contribution in [-0.2, 0) is 9.59 Å². The van der Waals surface area contributed by atoms with E-state index in [-0.39, 0.29) is 11.7 Å². The number of para-hydroxylation sites is 1. The number of rotatable bonds is 9. The topological polar surface area (TPSA) is 137 Å². The van der Waals surface area contributed by atoms with Crippen molar-refractivity contribution in [1.82, 2.24) is 15.5 Å². The summed E-state index contributed by atoms with van der Waals surface area (Å²) in [6.07, 6.45) is -0.318. The van der Waals surface area contributed by atoms with Gasteiger partial charge >= 0.3 is 6.09 Å². The van der Waals surface area contributed by atoms with Crippen molar-refractivity contribution in [3.8, 4) is 0 Å². The molecule has 0 spiro atoms. The number of hydrogen-bond acceptors (Lipinski definition) is 4. The van der Waals surface area contributed by atoms with Crippen LogP contribution in [-0.4, -0.2) is 57.2 Å². The van der Waals surface area contributed by atoms with E-state index in [1.807, 2.05) is 30.3 Å². The highest BCUT2D eigenvalue weighted by Gasteiger charge is 2.27. The fourth-order valence-electron chi connectivity index (χ4n) is 2.67. The van der Waals surface area contributed by atoms with E-state index in [1.54, 1.807) is 20.8 Å². The minimum absolute atomic E-state index is 0.235. The van der Waals surface area contributed by atoms with E-state index >= 15 is 0 Å². The predicted octanol–water partition coefficient (Wildman–Crippen LogP) is 1.89. The van der Waals surface area contributed by atoms with E-state index in [9.17, 15) is 19.5 Å². The molecule has 1 aromatic carbocycles. The van der Waals surface area contributed by atoms with Crippen LogP contribution >= 0.6 is 12.2 Å². The van der Waals surface area contributed by atoms with Crippen LogP contribution in [0.3, 0.4) is 0 Å². The van der Waals surface area contributed by atoms with Crippen LogP contribution in [0.25, 0.3) is 0 Å². The van der Waals surface area contributed by atoms with Crippen LogP contribution in [0.5, 0.6) is 0 Å². The van der Waals surface area contributed by atoms with Crippen molar-refractivity contribution in [1.29, 1.82) is 0 Å². The first-order valence-electron chi connectivity index (χ1n) is 9.64. The molecule has 0 heterocycles. The van der Waals surface area contributed by atoms with Crippen molar-refractivity contribution in [2.24, 2.45) is 5.73 Å². The number of anilines is 1. The van der Waals surface area contributed by atoms with Crippen molar-refractivity contribution >= 4 is 40.9 Å². The van der Waals surface area contributed by atoms with Gasteiger partial charge in [0.1, 0.15) is 12.1 Å². The molecular formula is C20H31N5O4S. The Morgan fingerprint density at radius 2 is 1.77 bits per heavy atom. The molecule has 30 heavy (non-hydrogen) atoms. The third kappa shape index (κ3) is 8.64. The first kappa shape index (κ1) is 25.2. The van der Waals surface area contributed by atoms with Gasteiger partial charge in [-0.25, -0.2) is 4.79 Å². The van der Waals surface area contributed by atoms with E-state index in [4.69, 9.17) is 18.0 Å².